The van der Waals surface area contributed by atoms with Gasteiger partial charge in [-0.25, -0.2) is 8.51 Å². The third kappa shape index (κ3) is 2.54. The van der Waals surface area contributed by atoms with Gasteiger partial charge in [0.25, 0.3) is 11.3 Å². The molecule has 0 bridgehead atoms. The molecule has 0 aliphatic heterocycles. The van der Waals surface area contributed by atoms with Gasteiger partial charge in [0, 0.05) is 0 Å². The maximum absolute atomic E-state index is 11.5. The van der Waals surface area contributed by atoms with Gasteiger partial charge in [0.05, 0.1) is 11.4 Å². The fourth-order valence-corrected chi connectivity index (χ4v) is 2.34. The van der Waals surface area contributed by atoms with E-state index in [1.807, 2.05) is 49.4 Å². The van der Waals surface area contributed by atoms with Gasteiger partial charge in [-0.15, -0.1) is 0 Å². The number of hydrogen-bond acceptors (Lipinski definition) is 1. The lowest BCUT2D eigenvalue weighted by atomic mass is 10.2. The first-order valence-electron chi connectivity index (χ1n) is 5.22. The number of anilines is 2. The average molecular weight is 247 g/mol. The SMILES string of the molecule is Cc1ccccc1N(c1ccccc1)S(=O)O. The van der Waals surface area contributed by atoms with Crippen LogP contribution in [0.25, 0.3) is 0 Å². The third-order valence-electron chi connectivity index (χ3n) is 2.48. The second kappa shape index (κ2) is 5.12. The summed E-state index contributed by atoms with van der Waals surface area (Å²) in [5.74, 6) is 0. The lowest BCUT2D eigenvalue weighted by Gasteiger charge is -2.21. The molecule has 0 spiro atoms. The first kappa shape index (κ1) is 11.8. The van der Waals surface area contributed by atoms with E-state index >= 15 is 0 Å². The highest BCUT2D eigenvalue weighted by Crippen LogP contribution is 2.28. The molecule has 2 rings (SSSR count). The quantitative estimate of drug-likeness (QED) is 0.846. The van der Waals surface area contributed by atoms with E-state index in [-0.39, 0.29) is 0 Å². The molecule has 0 fully saturated rings. The lowest BCUT2D eigenvalue weighted by molar-refractivity contribution is 0.564. The van der Waals surface area contributed by atoms with E-state index in [9.17, 15) is 8.76 Å². The number of para-hydroxylation sites is 2. The maximum atomic E-state index is 11.5. The zero-order valence-corrected chi connectivity index (χ0v) is 10.2. The molecule has 0 saturated heterocycles. The second-order valence-electron chi connectivity index (χ2n) is 3.65. The van der Waals surface area contributed by atoms with E-state index in [2.05, 4.69) is 0 Å². The van der Waals surface area contributed by atoms with E-state index in [0.29, 0.717) is 5.69 Å². The molecule has 0 radical (unpaired) electrons. The van der Waals surface area contributed by atoms with Crippen LogP contribution in [-0.2, 0) is 11.3 Å². The highest BCUT2D eigenvalue weighted by Gasteiger charge is 2.15. The molecule has 4 heteroatoms. The number of nitrogens with zero attached hydrogens (tertiary/aromatic N) is 1. The van der Waals surface area contributed by atoms with Crippen LogP contribution < -0.4 is 4.31 Å². The summed E-state index contributed by atoms with van der Waals surface area (Å²) >= 11 is -2.08. The van der Waals surface area contributed by atoms with Gasteiger partial charge < -0.3 is 0 Å². The molecule has 17 heavy (non-hydrogen) atoms. The average Bonchev–Trinajstić information content (AvgIpc) is 2.33. The molecule has 2 aromatic rings. The zero-order chi connectivity index (χ0) is 12.3. The Morgan fingerprint density at radius 1 is 1.00 bits per heavy atom. The Morgan fingerprint density at radius 2 is 1.59 bits per heavy atom. The molecular weight excluding hydrogens is 234 g/mol. The van der Waals surface area contributed by atoms with E-state index in [0.717, 1.165) is 11.3 Å². The molecular formula is C13H13NO2S. The minimum Gasteiger partial charge on any atom is -0.289 e. The second-order valence-corrected chi connectivity index (χ2v) is 4.47. The minimum atomic E-state index is -2.08. The van der Waals surface area contributed by atoms with Crippen molar-refractivity contribution in [3.8, 4) is 0 Å². The molecule has 0 aromatic heterocycles. The van der Waals surface area contributed by atoms with Crippen molar-refractivity contribution < 1.29 is 8.76 Å². The number of aryl methyl sites for hydroxylation is 1. The minimum absolute atomic E-state index is 0.697. The lowest BCUT2D eigenvalue weighted by Crippen LogP contribution is -2.19. The molecule has 1 unspecified atom stereocenters. The Hall–Kier alpha value is -1.65. The fraction of sp³-hybridized carbons (Fsp3) is 0.0769. The van der Waals surface area contributed by atoms with Crippen molar-refractivity contribution in [1.82, 2.24) is 0 Å². The summed E-state index contributed by atoms with van der Waals surface area (Å²) in [4.78, 5) is 0. The van der Waals surface area contributed by atoms with Crippen LogP contribution in [0.1, 0.15) is 5.56 Å². The Labute approximate surface area is 103 Å². The van der Waals surface area contributed by atoms with Gasteiger partial charge in [0.2, 0.25) is 0 Å². The topological polar surface area (TPSA) is 40.5 Å². The van der Waals surface area contributed by atoms with E-state index in [1.165, 1.54) is 4.31 Å². The highest BCUT2D eigenvalue weighted by molar-refractivity contribution is 7.81. The maximum Gasteiger partial charge on any atom is 0.266 e. The van der Waals surface area contributed by atoms with Crippen molar-refractivity contribution >= 4 is 22.6 Å². The molecule has 2 aromatic carbocycles. The number of hydrogen-bond donors (Lipinski definition) is 1. The largest absolute Gasteiger partial charge is 0.289 e. The molecule has 3 nitrogen and oxygen atoms in total. The van der Waals surface area contributed by atoms with Crippen molar-refractivity contribution in [3.05, 3.63) is 60.2 Å². The Kier molecular flexibility index (Phi) is 3.56. The van der Waals surface area contributed by atoms with Crippen LogP contribution >= 0.6 is 0 Å². The Balaban J connectivity index is 2.51. The van der Waals surface area contributed by atoms with Crippen LogP contribution in [-0.4, -0.2) is 8.76 Å². The van der Waals surface area contributed by atoms with Crippen molar-refractivity contribution in [2.75, 3.05) is 4.31 Å². The highest BCUT2D eigenvalue weighted by atomic mass is 32.2. The number of benzene rings is 2. The smallest absolute Gasteiger partial charge is 0.266 e. The summed E-state index contributed by atoms with van der Waals surface area (Å²) in [6.45, 7) is 1.91. The van der Waals surface area contributed by atoms with Gasteiger partial charge >= 0.3 is 0 Å². The summed E-state index contributed by atoms with van der Waals surface area (Å²) in [5, 5.41) is 0. The normalized spacial score (nSPS) is 12.1. The molecule has 88 valence electrons. The molecule has 0 amide bonds. The summed E-state index contributed by atoms with van der Waals surface area (Å²) in [6.07, 6.45) is 0. The summed E-state index contributed by atoms with van der Waals surface area (Å²) in [6, 6.07) is 16.7. The van der Waals surface area contributed by atoms with Crippen molar-refractivity contribution in [3.63, 3.8) is 0 Å². The zero-order valence-electron chi connectivity index (χ0n) is 9.41. The summed E-state index contributed by atoms with van der Waals surface area (Å²) in [5.41, 5.74) is 2.39. The van der Waals surface area contributed by atoms with Gasteiger partial charge in [-0.05, 0) is 30.7 Å². The predicted octanol–water partition coefficient (Wildman–Crippen LogP) is 3.27. The van der Waals surface area contributed by atoms with Gasteiger partial charge in [-0.1, -0.05) is 36.4 Å². The van der Waals surface area contributed by atoms with E-state index in [1.54, 1.807) is 12.1 Å². The molecule has 0 aliphatic carbocycles. The first-order valence-corrected chi connectivity index (χ1v) is 6.28. The van der Waals surface area contributed by atoms with Crippen molar-refractivity contribution in [2.45, 2.75) is 6.92 Å². The Bertz CT molecular complexity index is 528. The first-order chi connectivity index (χ1) is 8.20. The van der Waals surface area contributed by atoms with Gasteiger partial charge in [0.1, 0.15) is 0 Å². The molecule has 1 N–H and O–H groups in total. The van der Waals surface area contributed by atoms with Gasteiger partial charge in [-0.3, -0.25) is 4.55 Å². The third-order valence-corrected chi connectivity index (χ3v) is 3.20. The van der Waals surface area contributed by atoms with Crippen molar-refractivity contribution in [1.29, 1.82) is 0 Å². The van der Waals surface area contributed by atoms with Crippen LogP contribution in [0.3, 0.4) is 0 Å². The van der Waals surface area contributed by atoms with Crippen LogP contribution in [0.2, 0.25) is 0 Å². The van der Waals surface area contributed by atoms with Gasteiger partial charge in [-0.2, -0.15) is 0 Å². The van der Waals surface area contributed by atoms with E-state index in [4.69, 9.17) is 0 Å². The van der Waals surface area contributed by atoms with Crippen LogP contribution in [0.5, 0.6) is 0 Å². The monoisotopic (exact) mass is 247 g/mol. The molecule has 1 atom stereocenters. The fourth-order valence-electron chi connectivity index (χ4n) is 1.67. The summed E-state index contributed by atoms with van der Waals surface area (Å²) < 4.78 is 22.3. The molecule has 0 heterocycles. The van der Waals surface area contributed by atoms with Crippen molar-refractivity contribution in [2.24, 2.45) is 0 Å². The molecule has 0 saturated carbocycles. The molecule has 0 aliphatic rings. The summed E-state index contributed by atoms with van der Waals surface area (Å²) in [7, 11) is 0. The Morgan fingerprint density at radius 3 is 2.18 bits per heavy atom. The van der Waals surface area contributed by atoms with Crippen LogP contribution in [0, 0.1) is 6.92 Å². The van der Waals surface area contributed by atoms with Crippen LogP contribution in [0.15, 0.2) is 54.6 Å². The van der Waals surface area contributed by atoms with E-state index < -0.39 is 11.3 Å². The number of rotatable bonds is 3. The van der Waals surface area contributed by atoms with Crippen LogP contribution in [0.4, 0.5) is 11.4 Å². The predicted molar refractivity (Wildman–Crippen MR) is 70.5 cm³/mol. The standard InChI is InChI=1S/C13H13NO2S/c1-11-7-5-6-10-13(11)14(17(15)16)12-8-3-2-4-9-12/h2-10H,1H3,(H,15,16). The van der Waals surface area contributed by atoms with Gasteiger partial charge in [0.15, 0.2) is 0 Å².